The lowest BCUT2D eigenvalue weighted by Gasteiger charge is -2.02. The largest absolute Gasteiger partial charge is 0.481 e. The van der Waals surface area contributed by atoms with Crippen LogP contribution in [0, 0.1) is 5.92 Å². The summed E-state index contributed by atoms with van der Waals surface area (Å²) < 4.78 is 4.70. The maximum Gasteiger partial charge on any atom is 0.306 e. The molecule has 0 saturated heterocycles. The Hall–Kier alpha value is -0.570. The van der Waals surface area contributed by atoms with Gasteiger partial charge in [0.05, 0.1) is 5.92 Å². The maximum atomic E-state index is 10.1. The molecule has 0 radical (unpaired) electrons. The van der Waals surface area contributed by atoms with Gasteiger partial charge in [-0.1, -0.05) is 6.92 Å². The van der Waals surface area contributed by atoms with Crippen LogP contribution in [0.3, 0.4) is 0 Å². The van der Waals surface area contributed by atoms with Crippen LogP contribution in [0.25, 0.3) is 0 Å². The van der Waals surface area contributed by atoms with Crippen LogP contribution in [-0.2, 0) is 9.53 Å². The smallest absolute Gasteiger partial charge is 0.306 e. The molecule has 0 spiro atoms. The highest BCUT2D eigenvalue weighted by atomic mass is 16.5. The Morgan fingerprint density at radius 1 is 1.78 bits per heavy atom. The van der Waals surface area contributed by atoms with E-state index < -0.39 is 5.97 Å². The Morgan fingerprint density at radius 2 is 2.33 bits per heavy atom. The van der Waals surface area contributed by atoms with E-state index in [4.69, 9.17) is 9.84 Å². The minimum absolute atomic E-state index is 0.287. The first kappa shape index (κ1) is 8.43. The van der Waals surface area contributed by atoms with Gasteiger partial charge in [0, 0.05) is 13.7 Å². The van der Waals surface area contributed by atoms with Gasteiger partial charge in [-0.3, -0.25) is 4.79 Å². The van der Waals surface area contributed by atoms with E-state index in [0.29, 0.717) is 13.0 Å². The van der Waals surface area contributed by atoms with Crippen LogP contribution in [-0.4, -0.2) is 24.8 Å². The van der Waals surface area contributed by atoms with Crippen molar-refractivity contribution in [2.75, 3.05) is 13.7 Å². The van der Waals surface area contributed by atoms with Gasteiger partial charge in [-0.15, -0.1) is 0 Å². The number of hydrogen-bond donors (Lipinski definition) is 1. The summed E-state index contributed by atoms with van der Waals surface area (Å²) in [6.07, 6.45) is 0.589. The number of ether oxygens (including phenoxy) is 1. The van der Waals surface area contributed by atoms with Crippen molar-refractivity contribution in [2.24, 2.45) is 5.92 Å². The molecule has 0 rings (SSSR count). The highest BCUT2D eigenvalue weighted by molar-refractivity contribution is 5.69. The Bertz CT molecular complexity index is 90.3. The summed E-state index contributed by atoms with van der Waals surface area (Å²) in [4.78, 5) is 10.1. The molecule has 0 aliphatic carbocycles. The molecule has 0 saturated carbocycles. The molecule has 0 heterocycles. The molecular formula is C6H12O3. The molecule has 0 bridgehead atoms. The Balaban J connectivity index is 3.27. The summed E-state index contributed by atoms with van der Waals surface area (Å²) >= 11 is 0. The van der Waals surface area contributed by atoms with Crippen LogP contribution in [0.5, 0.6) is 0 Å². The van der Waals surface area contributed by atoms with Gasteiger partial charge in [0.2, 0.25) is 0 Å². The number of carboxylic acids is 1. The molecule has 1 N–H and O–H groups in total. The van der Waals surface area contributed by atoms with Crippen molar-refractivity contribution in [1.82, 2.24) is 0 Å². The lowest BCUT2D eigenvalue weighted by Crippen LogP contribution is -2.11. The van der Waals surface area contributed by atoms with Crippen LogP contribution in [0.1, 0.15) is 13.3 Å². The second-order valence-corrected chi connectivity index (χ2v) is 2.02. The van der Waals surface area contributed by atoms with Gasteiger partial charge < -0.3 is 9.84 Å². The number of carbonyl (C=O) groups is 1. The van der Waals surface area contributed by atoms with Crippen molar-refractivity contribution in [2.45, 2.75) is 13.3 Å². The monoisotopic (exact) mass is 132 g/mol. The molecule has 0 aliphatic rings. The van der Waals surface area contributed by atoms with Gasteiger partial charge >= 0.3 is 5.97 Å². The van der Waals surface area contributed by atoms with E-state index in [1.807, 2.05) is 0 Å². The molecule has 54 valence electrons. The van der Waals surface area contributed by atoms with Crippen molar-refractivity contribution in [3.63, 3.8) is 0 Å². The number of rotatable bonds is 4. The summed E-state index contributed by atoms with van der Waals surface area (Å²) in [6.45, 7) is 2.19. The maximum absolute atomic E-state index is 10.1. The predicted molar refractivity (Wildman–Crippen MR) is 33.3 cm³/mol. The lowest BCUT2D eigenvalue weighted by molar-refractivity contribution is -0.141. The first-order chi connectivity index (χ1) is 4.18. The van der Waals surface area contributed by atoms with E-state index in [1.165, 1.54) is 0 Å². The normalized spacial score (nSPS) is 13.1. The van der Waals surface area contributed by atoms with Crippen LogP contribution in [0.15, 0.2) is 0 Å². The van der Waals surface area contributed by atoms with Crippen LogP contribution in [0.2, 0.25) is 0 Å². The highest BCUT2D eigenvalue weighted by Crippen LogP contribution is 2.00. The van der Waals surface area contributed by atoms with Gasteiger partial charge in [-0.2, -0.15) is 0 Å². The molecule has 0 aromatic heterocycles. The summed E-state index contributed by atoms with van der Waals surface area (Å²) in [5.41, 5.74) is 0. The van der Waals surface area contributed by atoms with E-state index in [2.05, 4.69) is 0 Å². The van der Waals surface area contributed by atoms with E-state index in [9.17, 15) is 4.79 Å². The average molecular weight is 132 g/mol. The second kappa shape index (κ2) is 4.32. The Kier molecular flexibility index (Phi) is 4.05. The highest BCUT2D eigenvalue weighted by Gasteiger charge is 2.08. The van der Waals surface area contributed by atoms with E-state index in [0.717, 1.165) is 0 Å². The fourth-order valence-electron chi connectivity index (χ4n) is 0.418. The molecule has 0 unspecified atom stereocenters. The van der Waals surface area contributed by atoms with Gasteiger partial charge in [-0.25, -0.2) is 0 Å². The third-order valence-corrected chi connectivity index (χ3v) is 1.18. The fraction of sp³-hybridized carbons (Fsp3) is 0.833. The van der Waals surface area contributed by atoms with Crippen molar-refractivity contribution < 1.29 is 14.6 Å². The second-order valence-electron chi connectivity index (χ2n) is 2.02. The van der Waals surface area contributed by atoms with Crippen LogP contribution in [0.4, 0.5) is 0 Å². The molecule has 1 atom stereocenters. The van der Waals surface area contributed by atoms with Crippen molar-refractivity contribution in [3.8, 4) is 0 Å². The predicted octanol–water partition coefficient (Wildman–Crippen LogP) is 0.744. The number of hydrogen-bond acceptors (Lipinski definition) is 2. The first-order valence-electron chi connectivity index (χ1n) is 2.90. The minimum Gasteiger partial charge on any atom is -0.481 e. The minimum atomic E-state index is -0.757. The van der Waals surface area contributed by atoms with E-state index >= 15 is 0 Å². The lowest BCUT2D eigenvalue weighted by atomic mass is 10.1. The van der Waals surface area contributed by atoms with Crippen molar-refractivity contribution >= 4 is 5.97 Å². The van der Waals surface area contributed by atoms with Crippen molar-refractivity contribution in [3.05, 3.63) is 0 Å². The average Bonchev–Trinajstić information content (AvgIpc) is 1.82. The molecule has 0 amide bonds. The number of methoxy groups -OCH3 is 1. The molecule has 0 aromatic carbocycles. The molecular weight excluding hydrogens is 120 g/mol. The molecule has 3 nitrogen and oxygen atoms in total. The topological polar surface area (TPSA) is 46.5 Å². The van der Waals surface area contributed by atoms with Crippen LogP contribution < -0.4 is 0 Å². The Morgan fingerprint density at radius 3 is 2.67 bits per heavy atom. The first-order valence-corrected chi connectivity index (χ1v) is 2.90. The number of aliphatic carboxylic acids is 1. The SMILES string of the molecule is COCC[C@H](C)C(=O)O. The van der Waals surface area contributed by atoms with Crippen molar-refractivity contribution in [1.29, 1.82) is 0 Å². The van der Waals surface area contributed by atoms with Gasteiger partial charge in [0.15, 0.2) is 0 Å². The van der Waals surface area contributed by atoms with E-state index in [1.54, 1.807) is 14.0 Å². The van der Waals surface area contributed by atoms with Crippen LogP contribution >= 0.6 is 0 Å². The summed E-state index contributed by atoms with van der Waals surface area (Å²) in [6, 6.07) is 0. The zero-order chi connectivity index (χ0) is 7.28. The molecule has 9 heavy (non-hydrogen) atoms. The van der Waals surface area contributed by atoms with Gasteiger partial charge in [0.25, 0.3) is 0 Å². The standard InChI is InChI=1S/C6H12O3/c1-5(6(7)8)3-4-9-2/h5H,3-4H2,1-2H3,(H,7,8)/t5-/m0/s1. The quantitative estimate of drug-likeness (QED) is 0.613. The summed E-state index contributed by atoms with van der Waals surface area (Å²) in [5.74, 6) is -1.04. The third-order valence-electron chi connectivity index (χ3n) is 1.18. The molecule has 0 aromatic rings. The number of carboxylic acid groups (broad SMARTS) is 1. The van der Waals surface area contributed by atoms with Gasteiger partial charge in [-0.05, 0) is 6.42 Å². The fourth-order valence-corrected chi connectivity index (χ4v) is 0.418. The molecule has 3 heteroatoms. The van der Waals surface area contributed by atoms with E-state index in [-0.39, 0.29) is 5.92 Å². The summed E-state index contributed by atoms with van der Waals surface area (Å²) in [5, 5.41) is 8.35. The van der Waals surface area contributed by atoms with Gasteiger partial charge in [0.1, 0.15) is 0 Å². The molecule has 0 fully saturated rings. The Labute approximate surface area is 54.6 Å². The zero-order valence-electron chi connectivity index (χ0n) is 5.76. The zero-order valence-corrected chi connectivity index (χ0v) is 5.76. The summed E-state index contributed by atoms with van der Waals surface area (Å²) in [7, 11) is 1.56. The third kappa shape index (κ3) is 3.97. The molecule has 0 aliphatic heterocycles.